The molecule has 0 spiro atoms. The molecule has 2 rings (SSSR count). The molecule has 1 atom stereocenters. The lowest BCUT2D eigenvalue weighted by Gasteiger charge is -2.28. The number of thiophene rings is 1. The Labute approximate surface area is 129 Å². The van der Waals surface area contributed by atoms with E-state index in [-0.39, 0.29) is 15.8 Å². The normalized spacial score (nSPS) is 18.6. The van der Waals surface area contributed by atoms with E-state index in [1.54, 1.807) is 6.92 Å². The van der Waals surface area contributed by atoms with Gasteiger partial charge in [-0.15, -0.1) is 11.3 Å². The Hall–Kier alpha value is -0.920. The predicted molar refractivity (Wildman–Crippen MR) is 82.4 cm³/mol. The van der Waals surface area contributed by atoms with Crippen molar-refractivity contribution >= 4 is 27.3 Å². The highest BCUT2D eigenvalue weighted by atomic mass is 32.2. The minimum absolute atomic E-state index is 0.0539. The Kier molecular flexibility index (Phi) is 5.06. The molecule has 1 heterocycles. The maximum Gasteiger partial charge on any atom is 0.345 e. The molecule has 2 N–H and O–H groups in total. The van der Waals surface area contributed by atoms with Gasteiger partial charge >= 0.3 is 5.97 Å². The molecule has 0 aromatic carbocycles. The summed E-state index contributed by atoms with van der Waals surface area (Å²) < 4.78 is 27.6. The molecule has 1 aliphatic carbocycles. The number of aromatic carboxylic acids is 1. The van der Waals surface area contributed by atoms with Crippen molar-refractivity contribution in [3.05, 3.63) is 15.8 Å². The number of sulfonamides is 1. The molecule has 0 saturated heterocycles. The summed E-state index contributed by atoms with van der Waals surface area (Å²) in [6, 6.07) is 1.13. The molecule has 0 bridgehead atoms. The maximum absolute atomic E-state index is 12.4. The van der Waals surface area contributed by atoms with Crippen molar-refractivity contribution in [1.82, 2.24) is 4.72 Å². The zero-order chi connectivity index (χ0) is 15.6. The largest absolute Gasteiger partial charge is 0.477 e. The van der Waals surface area contributed by atoms with Crippen LogP contribution in [0.1, 0.15) is 53.6 Å². The van der Waals surface area contributed by atoms with Gasteiger partial charge in [0.15, 0.2) is 0 Å². The fourth-order valence-electron chi connectivity index (χ4n) is 2.88. The van der Waals surface area contributed by atoms with Gasteiger partial charge in [-0.1, -0.05) is 19.3 Å². The molecule has 0 amide bonds. The number of rotatable bonds is 5. The first-order valence-electron chi connectivity index (χ1n) is 7.17. The number of aryl methyl sites for hydroxylation is 1. The summed E-state index contributed by atoms with van der Waals surface area (Å²) >= 11 is 0.993. The van der Waals surface area contributed by atoms with Crippen molar-refractivity contribution in [2.75, 3.05) is 0 Å². The standard InChI is InChI=1S/C14H21NO4S2/c1-9(11-6-4-3-5-7-11)15-21(18,19)13-8-12(14(16)17)20-10(13)2/h8-9,11,15H,3-7H2,1-2H3,(H,16,17). The van der Waals surface area contributed by atoms with Crippen molar-refractivity contribution in [3.63, 3.8) is 0 Å². The third-order valence-corrected chi connectivity index (χ3v) is 6.92. The van der Waals surface area contributed by atoms with E-state index in [9.17, 15) is 13.2 Å². The van der Waals surface area contributed by atoms with E-state index in [0.717, 1.165) is 37.0 Å². The molecular weight excluding hydrogens is 310 g/mol. The second-order valence-electron chi connectivity index (χ2n) is 5.64. The Bertz CT molecular complexity index is 615. The summed E-state index contributed by atoms with van der Waals surface area (Å²) in [6.07, 6.45) is 5.62. The monoisotopic (exact) mass is 331 g/mol. The highest BCUT2D eigenvalue weighted by Crippen LogP contribution is 2.29. The molecular formula is C14H21NO4S2. The van der Waals surface area contributed by atoms with Gasteiger partial charge in [0.2, 0.25) is 10.0 Å². The third kappa shape index (κ3) is 3.84. The first-order valence-corrected chi connectivity index (χ1v) is 9.47. The molecule has 0 aliphatic heterocycles. The maximum atomic E-state index is 12.4. The van der Waals surface area contributed by atoms with Gasteiger partial charge in [-0.2, -0.15) is 0 Å². The first-order chi connectivity index (χ1) is 9.81. The SMILES string of the molecule is Cc1sc(C(=O)O)cc1S(=O)(=O)NC(C)C1CCCCC1. The molecule has 1 aliphatic rings. The van der Waals surface area contributed by atoms with Crippen molar-refractivity contribution < 1.29 is 18.3 Å². The third-order valence-electron chi connectivity index (χ3n) is 4.07. The Balaban J connectivity index is 2.16. The van der Waals surface area contributed by atoms with Crippen LogP contribution in [0, 0.1) is 12.8 Å². The van der Waals surface area contributed by atoms with Gasteiger partial charge in [-0.25, -0.2) is 17.9 Å². The summed E-state index contributed by atoms with van der Waals surface area (Å²) in [7, 11) is -3.66. The number of carboxylic acid groups (broad SMARTS) is 1. The van der Waals surface area contributed by atoms with Gasteiger partial charge < -0.3 is 5.11 Å². The van der Waals surface area contributed by atoms with E-state index in [1.165, 1.54) is 12.5 Å². The lowest BCUT2D eigenvalue weighted by molar-refractivity contribution is 0.0702. The van der Waals surface area contributed by atoms with Crippen LogP contribution in [-0.2, 0) is 10.0 Å². The number of hydrogen-bond acceptors (Lipinski definition) is 4. The molecule has 1 fully saturated rings. The lowest BCUT2D eigenvalue weighted by atomic mass is 9.85. The second kappa shape index (κ2) is 6.46. The quantitative estimate of drug-likeness (QED) is 0.869. The molecule has 5 nitrogen and oxygen atoms in total. The van der Waals surface area contributed by atoms with Gasteiger partial charge in [0, 0.05) is 10.9 Å². The molecule has 118 valence electrons. The van der Waals surface area contributed by atoms with Gasteiger partial charge in [0.25, 0.3) is 0 Å². The van der Waals surface area contributed by atoms with Crippen LogP contribution in [0.15, 0.2) is 11.0 Å². The number of nitrogens with one attached hydrogen (secondary N) is 1. The summed E-state index contributed by atoms with van der Waals surface area (Å²) in [5.74, 6) is -0.726. The minimum atomic E-state index is -3.66. The van der Waals surface area contributed by atoms with E-state index >= 15 is 0 Å². The van der Waals surface area contributed by atoms with Crippen LogP contribution < -0.4 is 4.72 Å². The molecule has 21 heavy (non-hydrogen) atoms. The van der Waals surface area contributed by atoms with Crippen LogP contribution in [-0.4, -0.2) is 25.5 Å². The minimum Gasteiger partial charge on any atom is -0.477 e. The molecule has 1 saturated carbocycles. The van der Waals surface area contributed by atoms with Crippen molar-refractivity contribution in [3.8, 4) is 0 Å². The van der Waals surface area contributed by atoms with Gasteiger partial charge in [0.1, 0.15) is 4.88 Å². The second-order valence-corrected chi connectivity index (χ2v) is 8.58. The van der Waals surface area contributed by atoms with Crippen LogP contribution in [0.25, 0.3) is 0 Å². The fourth-order valence-corrected chi connectivity index (χ4v) is 5.62. The van der Waals surface area contributed by atoms with Crippen LogP contribution in [0.2, 0.25) is 0 Å². The summed E-state index contributed by atoms with van der Waals surface area (Å²) in [5.41, 5.74) is 0. The van der Waals surface area contributed by atoms with Crippen LogP contribution in [0.5, 0.6) is 0 Å². The summed E-state index contributed by atoms with van der Waals surface area (Å²) in [6.45, 7) is 3.53. The van der Waals surface area contributed by atoms with E-state index < -0.39 is 16.0 Å². The van der Waals surface area contributed by atoms with Gasteiger partial charge in [-0.3, -0.25) is 0 Å². The Morgan fingerprint density at radius 1 is 1.38 bits per heavy atom. The highest BCUT2D eigenvalue weighted by molar-refractivity contribution is 7.89. The highest BCUT2D eigenvalue weighted by Gasteiger charge is 2.27. The number of carboxylic acids is 1. The number of carbonyl (C=O) groups is 1. The molecule has 1 aromatic heterocycles. The molecule has 7 heteroatoms. The summed E-state index contributed by atoms with van der Waals surface area (Å²) in [4.78, 5) is 11.6. The smallest absolute Gasteiger partial charge is 0.345 e. The van der Waals surface area contributed by atoms with Crippen molar-refractivity contribution in [1.29, 1.82) is 0 Å². The average molecular weight is 331 g/mol. The van der Waals surface area contributed by atoms with Gasteiger partial charge in [-0.05, 0) is 38.7 Å². The van der Waals surface area contributed by atoms with E-state index in [2.05, 4.69) is 4.72 Å². The van der Waals surface area contributed by atoms with Crippen LogP contribution >= 0.6 is 11.3 Å². The van der Waals surface area contributed by atoms with E-state index in [0.29, 0.717) is 10.8 Å². The summed E-state index contributed by atoms with van der Waals surface area (Å²) in [5, 5.41) is 8.97. The molecule has 1 aromatic rings. The lowest BCUT2D eigenvalue weighted by Crippen LogP contribution is -2.38. The van der Waals surface area contributed by atoms with Gasteiger partial charge in [0.05, 0.1) is 4.90 Å². The number of hydrogen-bond donors (Lipinski definition) is 2. The Morgan fingerprint density at radius 2 is 2.00 bits per heavy atom. The van der Waals surface area contributed by atoms with Crippen LogP contribution in [0.3, 0.4) is 0 Å². The van der Waals surface area contributed by atoms with Crippen LogP contribution in [0.4, 0.5) is 0 Å². The average Bonchev–Trinajstić information content (AvgIpc) is 2.82. The fraction of sp³-hybridized carbons (Fsp3) is 0.643. The zero-order valence-electron chi connectivity index (χ0n) is 12.3. The Morgan fingerprint density at radius 3 is 2.52 bits per heavy atom. The van der Waals surface area contributed by atoms with E-state index in [4.69, 9.17) is 5.11 Å². The van der Waals surface area contributed by atoms with E-state index in [1.807, 2.05) is 6.92 Å². The first kappa shape index (κ1) is 16.5. The molecule has 0 radical (unpaired) electrons. The van der Waals surface area contributed by atoms with Crippen molar-refractivity contribution in [2.45, 2.75) is 56.9 Å². The predicted octanol–water partition coefficient (Wildman–Crippen LogP) is 3.00. The topological polar surface area (TPSA) is 83.5 Å². The van der Waals surface area contributed by atoms with Crippen molar-refractivity contribution in [2.24, 2.45) is 5.92 Å². The zero-order valence-corrected chi connectivity index (χ0v) is 13.9. The molecule has 1 unspecified atom stereocenters.